The number of hydrogen-bond donors (Lipinski definition) is 1. The zero-order valence-electron chi connectivity index (χ0n) is 13.7. The summed E-state index contributed by atoms with van der Waals surface area (Å²) in [7, 11) is 1.63. The van der Waals surface area contributed by atoms with E-state index in [0.717, 1.165) is 11.6 Å². The molecule has 22 heavy (non-hydrogen) atoms. The van der Waals surface area contributed by atoms with Crippen LogP contribution in [0.25, 0.3) is 0 Å². The van der Waals surface area contributed by atoms with Crippen LogP contribution in [0.4, 0.5) is 5.82 Å². The molecule has 0 aromatic carbocycles. The van der Waals surface area contributed by atoms with Gasteiger partial charge in [0.15, 0.2) is 0 Å². The zero-order valence-corrected chi connectivity index (χ0v) is 13.7. The van der Waals surface area contributed by atoms with E-state index in [-0.39, 0.29) is 11.8 Å². The molecule has 0 aliphatic carbocycles. The third-order valence-corrected chi connectivity index (χ3v) is 4.40. The lowest BCUT2D eigenvalue weighted by atomic mass is 9.91. The van der Waals surface area contributed by atoms with Gasteiger partial charge in [-0.15, -0.1) is 0 Å². The molecule has 1 aromatic heterocycles. The first-order chi connectivity index (χ1) is 10.4. The van der Waals surface area contributed by atoms with Crippen molar-refractivity contribution in [3.8, 4) is 5.75 Å². The molecular weight excluding hydrogens is 282 g/mol. The Bertz CT molecular complexity index is 523. The number of pyridine rings is 1. The van der Waals surface area contributed by atoms with Gasteiger partial charge in [0.2, 0.25) is 0 Å². The van der Waals surface area contributed by atoms with Crippen LogP contribution >= 0.6 is 0 Å². The van der Waals surface area contributed by atoms with Crippen molar-refractivity contribution >= 4 is 11.7 Å². The second kappa shape index (κ2) is 6.52. The zero-order chi connectivity index (χ0) is 16.3. The summed E-state index contributed by atoms with van der Waals surface area (Å²) in [5.74, 6) is 1.31. The number of rotatable bonds is 4. The van der Waals surface area contributed by atoms with Crippen molar-refractivity contribution in [2.24, 2.45) is 5.92 Å². The number of methoxy groups -OCH3 is 1. The van der Waals surface area contributed by atoms with Crippen LogP contribution in [-0.2, 0) is 4.79 Å². The van der Waals surface area contributed by atoms with Gasteiger partial charge in [-0.05, 0) is 18.9 Å². The van der Waals surface area contributed by atoms with Crippen molar-refractivity contribution in [3.05, 3.63) is 18.3 Å². The summed E-state index contributed by atoms with van der Waals surface area (Å²) in [5.41, 5.74) is -1.31. The Labute approximate surface area is 131 Å². The van der Waals surface area contributed by atoms with Crippen LogP contribution < -0.4 is 9.64 Å². The molecule has 1 atom stereocenters. The first kappa shape index (κ1) is 16.5. The fraction of sp³-hybridized carbons (Fsp3) is 0.625. The van der Waals surface area contributed by atoms with E-state index in [4.69, 9.17) is 4.74 Å². The van der Waals surface area contributed by atoms with Gasteiger partial charge in [-0.2, -0.15) is 0 Å². The molecular formula is C16H25N3O3. The summed E-state index contributed by atoms with van der Waals surface area (Å²) in [6, 6.07) is 3.70. The fourth-order valence-electron chi connectivity index (χ4n) is 2.41. The highest BCUT2D eigenvalue weighted by atomic mass is 16.5. The highest BCUT2D eigenvalue weighted by Crippen LogP contribution is 2.22. The number of anilines is 1. The molecule has 1 aliphatic heterocycles. The summed E-state index contributed by atoms with van der Waals surface area (Å²) >= 11 is 0. The van der Waals surface area contributed by atoms with Gasteiger partial charge in [-0.25, -0.2) is 4.98 Å². The Morgan fingerprint density at radius 2 is 2.00 bits per heavy atom. The van der Waals surface area contributed by atoms with Gasteiger partial charge in [0.05, 0.1) is 7.11 Å². The molecule has 0 radical (unpaired) electrons. The van der Waals surface area contributed by atoms with Gasteiger partial charge in [-0.1, -0.05) is 13.8 Å². The Morgan fingerprint density at radius 3 is 2.55 bits per heavy atom. The van der Waals surface area contributed by atoms with E-state index in [0.29, 0.717) is 26.2 Å². The van der Waals surface area contributed by atoms with Crippen molar-refractivity contribution in [2.45, 2.75) is 26.4 Å². The van der Waals surface area contributed by atoms with Crippen LogP contribution in [0.15, 0.2) is 18.3 Å². The Morgan fingerprint density at radius 1 is 1.36 bits per heavy atom. The average Bonchev–Trinajstić information content (AvgIpc) is 2.54. The van der Waals surface area contributed by atoms with E-state index in [1.807, 2.05) is 26.0 Å². The van der Waals surface area contributed by atoms with Gasteiger partial charge in [0, 0.05) is 38.4 Å². The molecule has 1 unspecified atom stereocenters. The Hall–Kier alpha value is -1.82. The molecule has 6 heteroatoms. The minimum absolute atomic E-state index is 0.113. The van der Waals surface area contributed by atoms with E-state index in [1.165, 1.54) is 0 Å². The molecule has 0 saturated carbocycles. The van der Waals surface area contributed by atoms with E-state index in [1.54, 1.807) is 25.1 Å². The summed E-state index contributed by atoms with van der Waals surface area (Å²) < 4.78 is 5.21. The summed E-state index contributed by atoms with van der Waals surface area (Å²) in [4.78, 5) is 20.6. The molecule has 0 bridgehead atoms. The van der Waals surface area contributed by atoms with Crippen LogP contribution in [0, 0.1) is 5.92 Å². The number of hydrogen-bond acceptors (Lipinski definition) is 5. The number of carbonyl (C=O) groups is 1. The smallest absolute Gasteiger partial charge is 0.254 e. The first-order valence-electron chi connectivity index (χ1n) is 7.63. The molecule has 1 aliphatic rings. The summed E-state index contributed by atoms with van der Waals surface area (Å²) in [6.45, 7) is 7.86. The lowest BCUT2D eigenvalue weighted by molar-refractivity contribution is -0.154. The SMILES string of the molecule is COc1ccnc(N2CCN(C(=O)C(C)(O)C(C)C)CC2)c1. The molecule has 122 valence electrons. The maximum atomic E-state index is 12.4. The van der Waals surface area contributed by atoms with Crippen LogP contribution in [0.5, 0.6) is 5.75 Å². The first-order valence-corrected chi connectivity index (χ1v) is 7.63. The van der Waals surface area contributed by atoms with E-state index in [2.05, 4.69) is 9.88 Å². The number of carbonyl (C=O) groups excluding carboxylic acids is 1. The Balaban J connectivity index is 1.99. The normalized spacial score (nSPS) is 18.3. The van der Waals surface area contributed by atoms with E-state index in [9.17, 15) is 9.90 Å². The van der Waals surface area contributed by atoms with Gasteiger partial charge in [0.25, 0.3) is 5.91 Å². The number of aromatic nitrogens is 1. The summed E-state index contributed by atoms with van der Waals surface area (Å²) in [6.07, 6.45) is 1.72. The second-order valence-electron chi connectivity index (χ2n) is 6.14. The predicted molar refractivity (Wildman–Crippen MR) is 85.0 cm³/mol. The lowest BCUT2D eigenvalue weighted by Crippen LogP contribution is -2.56. The van der Waals surface area contributed by atoms with E-state index < -0.39 is 5.60 Å². The van der Waals surface area contributed by atoms with Crippen molar-refractivity contribution in [1.82, 2.24) is 9.88 Å². The predicted octanol–water partition coefficient (Wildman–Crippen LogP) is 1.15. The molecule has 1 saturated heterocycles. The molecule has 1 N–H and O–H groups in total. The highest BCUT2D eigenvalue weighted by molar-refractivity contribution is 5.85. The summed E-state index contributed by atoms with van der Waals surface area (Å²) in [5, 5.41) is 10.3. The fourth-order valence-corrected chi connectivity index (χ4v) is 2.41. The van der Waals surface area contributed by atoms with Gasteiger partial charge < -0.3 is 19.6 Å². The molecule has 2 heterocycles. The van der Waals surface area contributed by atoms with E-state index >= 15 is 0 Å². The average molecular weight is 307 g/mol. The third-order valence-electron chi connectivity index (χ3n) is 4.40. The monoisotopic (exact) mass is 307 g/mol. The van der Waals surface area contributed by atoms with Gasteiger partial charge in [-0.3, -0.25) is 4.79 Å². The maximum absolute atomic E-state index is 12.4. The molecule has 6 nitrogen and oxygen atoms in total. The number of piperazine rings is 1. The standard InChI is InChI=1S/C16H25N3O3/c1-12(2)16(3,21)15(20)19-9-7-18(8-10-19)14-11-13(22-4)5-6-17-14/h5-6,11-12,21H,7-10H2,1-4H3. The Kier molecular flexibility index (Phi) is 4.90. The third kappa shape index (κ3) is 3.32. The molecule has 0 spiro atoms. The minimum Gasteiger partial charge on any atom is -0.497 e. The minimum atomic E-state index is -1.31. The largest absolute Gasteiger partial charge is 0.497 e. The van der Waals surface area contributed by atoms with Crippen molar-refractivity contribution in [2.75, 3.05) is 38.2 Å². The molecule has 1 amide bonds. The van der Waals surface area contributed by atoms with Crippen LogP contribution in [0.1, 0.15) is 20.8 Å². The maximum Gasteiger partial charge on any atom is 0.254 e. The second-order valence-corrected chi connectivity index (χ2v) is 6.14. The number of ether oxygens (including phenoxy) is 1. The van der Waals surface area contributed by atoms with Gasteiger partial charge in [0.1, 0.15) is 17.2 Å². The molecule has 1 fully saturated rings. The van der Waals surface area contributed by atoms with Crippen LogP contribution in [-0.4, -0.2) is 59.8 Å². The number of amides is 1. The lowest BCUT2D eigenvalue weighted by Gasteiger charge is -2.39. The number of nitrogens with zero attached hydrogens (tertiary/aromatic N) is 3. The van der Waals surface area contributed by atoms with Crippen LogP contribution in [0.3, 0.4) is 0 Å². The van der Waals surface area contributed by atoms with Gasteiger partial charge >= 0.3 is 0 Å². The topological polar surface area (TPSA) is 65.9 Å². The van der Waals surface area contributed by atoms with Crippen molar-refractivity contribution in [3.63, 3.8) is 0 Å². The molecule has 1 aromatic rings. The van der Waals surface area contributed by atoms with Crippen molar-refractivity contribution < 1.29 is 14.6 Å². The number of aliphatic hydroxyl groups is 1. The quantitative estimate of drug-likeness (QED) is 0.904. The van der Waals surface area contributed by atoms with Crippen LogP contribution in [0.2, 0.25) is 0 Å². The van der Waals surface area contributed by atoms with Crippen molar-refractivity contribution in [1.29, 1.82) is 0 Å². The highest BCUT2D eigenvalue weighted by Gasteiger charge is 2.38. The molecule has 2 rings (SSSR count).